The molecule has 0 amide bonds. The number of methoxy groups -OCH3 is 1. The lowest BCUT2D eigenvalue weighted by Gasteiger charge is -2.41. The Morgan fingerprint density at radius 2 is 1.61 bits per heavy atom. The highest BCUT2D eigenvalue weighted by Crippen LogP contribution is 2.26. The van der Waals surface area contributed by atoms with Crippen molar-refractivity contribution in [2.75, 3.05) is 33.4 Å². The average molecular weight is 504 g/mol. The molecular formula is C29H30ClN3O3. The second-order valence-corrected chi connectivity index (χ2v) is 8.96. The number of benzene rings is 3. The lowest BCUT2D eigenvalue weighted by molar-refractivity contribution is -0.972. The van der Waals surface area contributed by atoms with Gasteiger partial charge in [0.1, 0.15) is 49.4 Å². The number of hydrogen-bond acceptors (Lipinski definition) is 4. The summed E-state index contributed by atoms with van der Waals surface area (Å²) in [5.74, 6) is 0.732. The fraction of sp³-hybridized carbons (Fsp3) is 0.276. The molecule has 1 aromatic heterocycles. The van der Waals surface area contributed by atoms with E-state index in [0.717, 1.165) is 29.7 Å². The predicted molar refractivity (Wildman–Crippen MR) is 134 cm³/mol. The van der Waals surface area contributed by atoms with E-state index in [0.29, 0.717) is 24.9 Å². The first kappa shape index (κ1) is 25.7. The Balaban J connectivity index is 0.00000304. The van der Waals surface area contributed by atoms with Crippen molar-refractivity contribution < 1.29 is 31.5 Å². The highest BCUT2D eigenvalue weighted by Gasteiger charge is 2.39. The van der Waals surface area contributed by atoms with Gasteiger partial charge in [0, 0.05) is 23.6 Å². The molecule has 0 spiro atoms. The number of likely N-dealkylation sites (tertiary alicyclic amines) is 1. The van der Waals surface area contributed by atoms with Crippen molar-refractivity contribution in [3.63, 3.8) is 0 Å². The second-order valence-electron chi connectivity index (χ2n) is 8.96. The van der Waals surface area contributed by atoms with Gasteiger partial charge in [-0.05, 0) is 18.2 Å². The molecule has 36 heavy (non-hydrogen) atoms. The molecule has 1 aliphatic heterocycles. The third kappa shape index (κ3) is 5.72. The van der Waals surface area contributed by atoms with Crippen LogP contribution in [0.4, 0.5) is 0 Å². The van der Waals surface area contributed by atoms with Crippen LogP contribution in [-0.2, 0) is 9.47 Å². The fourth-order valence-corrected chi connectivity index (χ4v) is 4.76. The molecule has 1 saturated heterocycles. The van der Waals surface area contributed by atoms with E-state index in [2.05, 4.69) is 71.7 Å². The molecule has 7 heteroatoms. The molecule has 0 saturated carbocycles. The second kappa shape index (κ2) is 12.1. The highest BCUT2D eigenvalue weighted by atomic mass is 35.5. The van der Waals surface area contributed by atoms with Gasteiger partial charge in [-0.2, -0.15) is 5.26 Å². The van der Waals surface area contributed by atoms with E-state index in [9.17, 15) is 0 Å². The smallest absolute Gasteiger partial charge is 0.155 e. The average Bonchev–Trinajstić information content (AvgIpc) is 3.32. The molecule has 1 unspecified atom stereocenters. The molecule has 5 rings (SSSR count). The van der Waals surface area contributed by atoms with E-state index in [1.807, 2.05) is 24.3 Å². The summed E-state index contributed by atoms with van der Waals surface area (Å²) in [5.41, 5.74) is 4.06. The van der Waals surface area contributed by atoms with Gasteiger partial charge in [-0.15, -0.1) is 0 Å². The number of aromatic nitrogens is 1. The maximum absolute atomic E-state index is 9.16. The fourth-order valence-electron chi connectivity index (χ4n) is 4.76. The zero-order valence-corrected chi connectivity index (χ0v) is 20.9. The Labute approximate surface area is 217 Å². The number of aromatic amines is 1. The summed E-state index contributed by atoms with van der Waals surface area (Å²) in [5, 5.41) is 10.1. The SMILES string of the molecule is COC(COc1cccc2[nH]c(C#N)cc12)COC1C[NH+](C(c2ccccc2)c2ccccc2)C1.[Cl-]. The summed E-state index contributed by atoms with van der Waals surface area (Å²) in [4.78, 5) is 4.58. The molecule has 0 aliphatic carbocycles. The quantitative estimate of drug-likeness (QED) is 0.331. The van der Waals surface area contributed by atoms with Crippen LogP contribution in [-0.4, -0.2) is 50.6 Å². The number of ether oxygens (including phenoxy) is 3. The highest BCUT2D eigenvalue weighted by molar-refractivity contribution is 5.87. The molecule has 1 fully saturated rings. The first-order valence-corrected chi connectivity index (χ1v) is 12.0. The Bertz CT molecular complexity index is 1240. The number of halogens is 1. The molecule has 4 aromatic rings. The Kier molecular flexibility index (Phi) is 8.63. The van der Waals surface area contributed by atoms with Crippen LogP contribution < -0.4 is 22.0 Å². The van der Waals surface area contributed by atoms with Gasteiger partial charge in [0.25, 0.3) is 0 Å². The van der Waals surface area contributed by atoms with Crippen molar-refractivity contribution in [2.45, 2.75) is 18.2 Å². The van der Waals surface area contributed by atoms with E-state index >= 15 is 0 Å². The van der Waals surface area contributed by atoms with Crippen LogP contribution in [0.15, 0.2) is 84.9 Å². The Hall–Kier alpha value is -3.34. The number of nitrogens with zero attached hydrogens (tertiary/aromatic N) is 1. The van der Waals surface area contributed by atoms with Gasteiger partial charge in [0.2, 0.25) is 0 Å². The summed E-state index contributed by atoms with van der Waals surface area (Å²) in [6, 6.07) is 31.4. The monoisotopic (exact) mass is 503 g/mol. The van der Waals surface area contributed by atoms with Crippen molar-refractivity contribution in [1.29, 1.82) is 5.26 Å². The third-order valence-corrected chi connectivity index (χ3v) is 6.67. The maximum atomic E-state index is 9.16. The molecule has 1 atom stereocenters. The van der Waals surface area contributed by atoms with Crippen LogP contribution in [0.3, 0.4) is 0 Å². The molecule has 1 aliphatic rings. The lowest BCUT2D eigenvalue weighted by Crippen LogP contribution is -3.21. The molecule has 0 radical (unpaired) electrons. The number of quaternary nitrogens is 1. The first-order chi connectivity index (χ1) is 17.2. The number of rotatable bonds is 10. The number of H-pyrrole nitrogens is 1. The molecule has 3 aromatic carbocycles. The summed E-state index contributed by atoms with van der Waals surface area (Å²) in [7, 11) is 1.68. The summed E-state index contributed by atoms with van der Waals surface area (Å²) >= 11 is 0. The Morgan fingerprint density at radius 1 is 0.944 bits per heavy atom. The summed E-state index contributed by atoms with van der Waals surface area (Å²) < 4.78 is 17.9. The van der Waals surface area contributed by atoms with Crippen molar-refractivity contribution in [3.8, 4) is 11.8 Å². The number of nitrogens with one attached hydrogen (secondary N) is 2. The molecule has 0 bridgehead atoms. The molecule has 2 N–H and O–H groups in total. The minimum atomic E-state index is -0.178. The predicted octanol–water partition coefficient (Wildman–Crippen LogP) is 0.511. The maximum Gasteiger partial charge on any atom is 0.155 e. The van der Waals surface area contributed by atoms with Crippen molar-refractivity contribution in [1.82, 2.24) is 4.98 Å². The van der Waals surface area contributed by atoms with Crippen molar-refractivity contribution >= 4 is 10.9 Å². The van der Waals surface area contributed by atoms with Crippen LogP contribution in [0.2, 0.25) is 0 Å². The zero-order chi connectivity index (χ0) is 24.0. The molecule has 2 heterocycles. The van der Waals surface area contributed by atoms with E-state index < -0.39 is 0 Å². The van der Waals surface area contributed by atoms with Gasteiger partial charge in [-0.25, -0.2) is 0 Å². The topological polar surface area (TPSA) is 71.7 Å². The van der Waals surface area contributed by atoms with Gasteiger partial charge in [0.05, 0.1) is 12.1 Å². The van der Waals surface area contributed by atoms with Gasteiger partial charge < -0.3 is 36.5 Å². The van der Waals surface area contributed by atoms with Crippen LogP contribution in [0.1, 0.15) is 22.9 Å². The van der Waals surface area contributed by atoms with Crippen LogP contribution in [0.5, 0.6) is 5.75 Å². The molecular weight excluding hydrogens is 474 g/mol. The molecule has 6 nitrogen and oxygen atoms in total. The Morgan fingerprint density at radius 3 is 2.22 bits per heavy atom. The van der Waals surface area contributed by atoms with Crippen LogP contribution in [0.25, 0.3) is 10.9 Å². The normalized spacial score (nSPS) is 17.7. The van der Waals surface area contributed by atoms with E-state index in [4.69, 9.17) is 19.5 Å². The first-order valence-electron chi connectivity index (χ1n) is 12.0. The number of fused-ring (bicyclic) bond motifs is 1. The van der Waals surface area contributed by atoms with Gasteiger partial charge in [-0.1, -0.05) is 66.7 Å². The van der Waals surface area contributed by atoms with Crippen LogP contribution in [0, 0.1) is 11.3 Å². The number of hydrogen-bond donors (Lipinski definition) is 2. The van der Waals surface area contributed by atoms with E-state index in [-0.39, 0.29) is 24.6 Å². The standard InChI is InChI=1S/C29H29N3O3.ClH/c1-33-25(20-35-28-14-8-13-27-26(28)15-23(16-30)31-27)19-34-24-17-32(18-24)29(21-9-4-2-5-10-21)22-11-6-3-7-12-22;/h2-15,24-25,29,31H,17-20H2,1H3;1H. The lowest BCUT2D eigenvalue weighted by atomic mass is 9.94. The van der Waals surface area contributed by atoms with Gasteiger partial charge >= 0.3 is 0 Å². The van der Waals surface area contributed by atoms with Gasteiger partial charge in [0.15, 0.2) is 6.10 Å². The molecule has 186 valence electrons. The van der Waals surface area contributed by atoms with Crippen molar-refractivity contribution in [2.24, 2.45) is 0 Å². The van der Waals surface area contributed by atoms with E-state index in [1.54, 1.807) is 7.11 Å². The summed E-state index contributed by atoms with van der Waals surface area (Å²) in [6.07, 6.45) is 0.0200. The minimum absolute atomic E-state index is 0. The van der Waals surface area contributed by atoms with Gasteiger partial charge in [-0.3, -0.25) is 0 Å². The van der Waals surface area contributed by atoms with E-state index in [1.165, 1.54) is 16.0 Å². The van der Waals surface area contributed by atoms with Crippen molar-refractivity contribution in [3.05, 3.63) is 102 Å². The zero-order valence-electron chi connectivity index (χ0n) is 20.2. The third-order valence-electron chi connectivity index (χ3n) is 6.67. The minimum Gasteiger partial charge on any atom is -1.00 e. The summed E-state index contributed by atoms with van der Waals surface area (Å²) in [6.45, 7) is 2.75. The largest absolute Gasteiger partial charge is 1.00 e. The number of nitriles is 1. The van der Waals surface area contributed by atoms with Crippen LogP contribution >= 0.6 is 0 Å².